The third-order valence-electron chi connectivity index (χ3n) is 2.74. The van der Waals surface area contributed by atoms with E-state index in [1.54, 1.807) is 0 Å². The summed E-state index contributed by atoms with van der Waals surface area (Å²) in [6, 6.07) is 0.285. The third-order valence-corrected chi connectivity index (χ3v) is 2.74. The smallest absolute Gasteiger partial charge is 0.242 e. The average molecular weight is 250 g/mol. The van der Waals surface area contributed by atoms with Crippen LogP contribution in [0.4, 0.5) is 11.5 Å². The summed E-state index contributed by atoms with van der Waals surface area (Å²) in [4.78, 5) is 8.96. The number of nitrogens with two attached hydrogens (primary N) is 1. The molecule has 2 rings (SSSR count). The maximum absolute atomic E-state index is 6.05. The van der Waals surface area contributed by atoms with E-state index >= 15 is 0 Å². The molecular formula is C13H22N4O. The Morgan fingerprint density at radius 3 is 2.67 bits per heavy atom. The molecule has 1 aromatic rings. The van der Waals surface area contributed by atoms with E-state index in [-0.39, 0.29) is 6.04 Å². The third kappa shape index (κ3) is 3.03. The van der Waals surface area contributed by atoms with Crippen LogP contribution in [0.2, 0.25) is 0 Å². The van der Waals surface area contributed by atoms with Crippen molar-refractivity contribution in [2.24, 2.45) is 0 Å². The quantitative estimate of drug-likeness (QED) is 0.811. The number of nitrogens with zero attached hydrogens (tertiary/aromatic N) is 2. The Labute approximate surface area is 108 Å². The Morgan fingerprint density at radius 2 is 2.11 bits per heavy atom. The van der Waals surface area contributed by atoms with Gasteiger partial charge in [-0.1, -0.05) is 6.92 Å². The number of rotatable bonds is 6. The summed E-state index contributed by atoms with van der Waals surface area (Å²) in [5, 5.41) is 3.26. The molecule has 1 aromatic heterocycles. The van der Waals surface area contributed by atoms with E-state index in [1.807, 2.05) is 0 Å². The maximum atomic E-state index is 6.05. The molecule has 5 nitrogen and oxygen atoms in total. The molecule has 1 heterocycles. The first-order chi connectivity index (χ1) is 8.61. The Balaban J connectivity index is 2.28. The van der Waals surface area contributed by atoms with Gasteiger partial charge in [-0.2, -0.15) is 4.98 Å². The molecular weight excluding hydrogens is 228 g/mol. The van der Waals surface area contributed by atoms with Crippen molar-refractivity contribution in [2.45, 2.75) is 52.0 Å². The van der Waals surface area contributed by atoms with Crippen LogP contribution in [0.1, 0.15) is 51.8 Å². The van der Waals surface area contributed by atoms with Gasteiger partial charge in [0.25, 0.3) is 0 Å². The number of aromatic nitrogens is 2. The number of hydrogen-bond acceptors (Lipinski definition) is 5. The van der Waals surface area contributed by atoms with Gasteiger partial charge in [0.15, 0.2) is 5.82 Å². The standard InChI is InChI=1S/C13H22N4O/c1-4-7-18-13-10(14)12(15-8(2)3)16-11(17-13)9-5-6-9/h8-9H,4-7,14H2,1-3H3,(H,15,16,17). The summed E-state index contributed by atoms with van der Waals surface area (Å²) in [7, 11) is 0. The molecule has 18 heavy (non-hydrogen) atoms. The normalized spacial score (nSPS) is 14.9. The molecule has 0 saturated heterocycles. The highest BCUT2D eigenvalue weighted by Gasteiger charge is 2.28. The van der Waals surface area contributed by atoms with Crippen LogP contribution in [0.15, 0.2) is 0 Å². The van der Waals surface area contributed by atoms with Gasteiger partial charge in [0.2, 0.25) is 5.88 Å². The molecule has 1 saturated carbocycles. The summed E-state index contributed by atoms with van der Waals surface area (Å²) in [5.41, 5.74) is 6.56. The van der Waals surface area contributed by atoms with Crippen molar-refractivity contribution in [3.05, 3.63) is 5.82 Å². The summed E-state index contributed by atoms with van der Waals surface area (Å²) < 4.78 is 5.61. The monoisotopic (exact) mass is 250 g/mol. The highest BCUT2D eigenvalue weighted by atomic mass is 16.5. The van der Waals surface area contributed by atoms with Crippen molar-refractivity contribution in [1.29, 1.82) is 0 Å². The number of hydrogen-bond donors (Lipinski definition) is 2. The summed E-state index contributed by atoms with van der Waals surface area (Å²) >= 11 is 0. The van der Waals surface area contributed by atoms with E-state index in [9.17, 15) is 0 Å². The van der Waals surface area contributed by atoms with Crippen LogP contribution >= 0.6 is 0 Å². The SMILES string of the molecule is CCCOc1nc(C2CC2)nc(NC(C)C)c1N. The zero-order valence-corrected chi connectivity index (χ0v) is 11.4. The van der Waals surface area contributed by atoms with Crippen LogP contribution in [0.25, 0.3) is 0 Å². The van der Waals surface area contributed by atoms with E-state index < -0.39 is 0 Å². The highest BCUT2D eigenvalue weighted by Crippen LogP contribution is 2.40. The zero-order chi connectivity index (χ0) is 13.1. The Morgan fingerprint density at radius 1 is 1.39 bits per heavy atom. The van der Waals surface area contributed by atoms with Gasteiger partial charge in [0, 0.05) is 12.0 Å². The first-order valence-corrected chi connectivity index (χ1v) is 6.68. The maximum Gasteiger partial charge on any atom is 0.242 e. The second kappa shape index (κ2) is 5.42. The van der Waals surface area contributed by atoms with Crippen molar-refractivity contribution < 1.29 is 4.74 Å². The van der Waals surface area contributed by atoms with E-state index in [1.165, 1.54) is 0 Å². The van der Waals surface area contributed by atoms with E-state index in [2.05, 4.69) is 36.1 Å². The minimum Gasteiger partial charge on any atom is -0.476 e. The second-order valence-corrected chi connectivity index (χ2v) is 5.07. The molecule has 0 atom stereocenters. The van der Waals surface area contributed by atoms with Crippen LogP contribution in [-0.2, 0) is 0 Å². The van der Waals surface area contributed by atoms with Crippen LogP contribution in [-0.4, -0.2) is 22.6 Å². The second-order valence-electron chi connectivity index (χ2n) is 5.07. The molecule has 0 radical (unpaired) electrons. The van der Waals surface area contributed by atoms with Crippen LogP contribution in [0.3, 0.4) is 0 Å². The lowest BCUT2D eigenvalue weighted by molar-refractivity contribution is 0.305. The predicted molar refractivity (Wildman–Crippen MR) is 73.0 cm³/mol. The molecule has 0 unspecified atom stereocenters. The molecule has 0 aromatic carbocycles. The molecule has 1 aliphatic carbocycles. The topological polar surface area (TPSA) is 73.1 Å². The van der Waals surface area contributed by atoms with Gasteiger partial charge in [-0.15, -0.1) is 0 Å². The summed E-state index contributed by atoms with van der Waals surface area (Å²) in [5.74, 6) is 2.57. The first kappa shape index (κ1) is 12.9. The average Bonchev–Trinajstić information content (AvgIpc) is 3.13. The lowest BCUT2D eigenvalue weighted by Gasteiger charge is -2.15. The summed E-state index contributed by atoms with van der Waals surface area (Å²) in [6.07, 6.45) is 3.27. The highest BCUT2D eigenvalue weighted by molar-refractivity contribution is 5.67. The first-order valence-electron chi connectivity index (χ1n) is 6.68. The van der Waals surface area contributed by atoms with Gasteiger partial charge in [0.1, 0.15) is 11.5 Å². The lowest BCUT2D eigenvalue weighted by atomic mass is 10.3. The molecule has 0 amide bonds. The number of ether oxygens (including phenoxy) is 1. The van der Waals surface area contributed by atoms with Crippen molar-refractivity contribution in [1.82, 2.24) is 9.97 Å². The lowest BCUT2D eigenvalue weighted by Crippen LogP contribution is -2.15. The number of anilines is 2. The van der Waals surface area contributed by atoms with Crippen molar-refractivity contribution >= 4 is 11.5 Å². The van der Waals surface area contributed by atoms with E-state index in [0.717, 1.165) is 25.1 Å². The van der Waals surface area contributed by atoms with Gasteiger partial charge in [-0.3, -0.25) is 0 Å². The molecule has 0 spiro atoms. The zero-order valence-electron chi connectivity index (χ0n) is 11.4. The van der Waals surface area contributed by atoms with Gasteiger partial charge >= 0.3 is 0 Å². The molecule has 0 bridgehead atoms. The number of nitrogens with one attached hydrogen (secondary N) is 1. The van der Waals surface area contributed by atoms with Crippen molar-refractivity contribution in [3.63, 3.8) is 0 Å². The van der Waals surface area contributed by atoms with Crippen LogP contribution in [0.5, 0.6) is 5.88 Å². The van der Waals surface area contributed by atoms with Gasteiger partial charge in [-0.25, -0.2) is 4.98 Å². The fraction of sp³-hybridized carbons (Fsp3) is 0.692. The minimum atomic E-state index is 0.285. The molecule has 5 heteroatoms. The minimum absolute atomic E-state index is 0.285. The fourth-order valence-electron chi connectivity index (χ4n) is 1.68. The van der Waals surface area contributed by atoms with Crippen LogP contribution in [0, 0.1) is 0 Å². The van der Waals surface area contributed by atoms with Crippen molar-refractivity contribution in [3.8, 4) is 5.88 Å². The van der Waals surface area contributed by atoms with Gasteiger partial charge in [-0.05, 0) is 33.1 Å². The number of nitrogen functional groups attached to an aromatic ring is 1. The molecule has 1 aliphatic rings. The van der Waals surface area contributed by atoms with Gasteiger partial charge < -0.3 is 15.8 Å². The largest absolute Gasteiger partial charge is 0.476 e. The van der Waals surface area contributed by atoms with Crippen LogP contribution < -0.4 is 15.8 Å². The molecule has 100 valence electrons. The predicted octanol–water partition coefficient (Wildman–Crippen LogP) is 2.55. The molecule has 0 aliphatic heterocycles. The Kier molecular flexibility index (Phi) is 3.89. The van der Waals surface area contributed by atoms with Gasteiger partial charge in [0.05, 0.1) is 6.61 Å². The Hall–Kier alpha value is -1.52. The summed E-state index contributed by atoms with van der Waals surface area (Å²) in [6.45, 7) is 6.81. The van der Waals surface area contributed by atoms with E-state index in [0.29, 0.717) is 29.9 Å². The fourth-order valence-corrected chi connectivity index (χ4v) is 1.68. The Bertz CT molecular complexity index is 416. The molecule has 1 fully saturated rings. The van der Waals surface area contributed by atoms with E-state index in [4.69, 9.17) is 10.5 Å². The molecule has 3 N–H and O–H groups in total. The van der Waals surface area contributed by atoms with Crippen molar-refractivity contribution in [2.75, 3.05) is 17.7 Å².